The van der Waals surface area contributed by atoms with Crippen molar-refractivity contribution in [2.24, 2.45) is 0 Å². The van der Waals surface area contributed by atoms with Gasteiger partial charge in [-0.25, -0.2) is 14.5 Å². The number of aromatic nitrogens is 4. The molecule has 1 aliphatic rings. The van der Waals surface area contributed by atoms with E-state index in [0.29, 0.717) is 6.42 Å². The van der Waals surface area contributed by atoms with Gasteiger partial charge in [0.15, 0.2) is 5.65 Å². The monoisotopic (exact) mass is 410 g/mol. The van der Waals surface area contributed by atoms with Crippen molar-refractivity contribution in [1.82, 2.24) is 24.5 Å². The van der Waals surface area contributed by atoms with E-state index in [1.807, 2.05) is 45.8 Å². The molecule has 0 aromatic carbocycles. The maximum absolute atomic E-state index is 11.5. The third-order valence-corrected chi connectivity index (χ3v) is 5.16. The number of aryl methyl sites for hydroxylation is 1. The van der Waals surface area contributed by atoms with Crippen molar-refractivity contribution in [3.63, 3.8) is 0 Å². The van der Waals surface area contributed by atoms with Crippen LogP contribution in [0.25, 0.3) is 5.65 Å². The van der Waals surface area contributed by atoms with Crippen LogP contribution in [0.5, 0.6) is 0 Å². The molecule has 0 radical (unpaired) electrons. The number of fused-ring (bicyclic) bond motifs is 1. The molecule has 1 N–H and O–H groups in total. The molecule has 4 rings (SSSR count). The lowest BCUT2D eigenvalue weighted by Crippen LogP contribution is -2.34. The maximum Gasteiger partial charge on any atom is 0.222 e. The van der Waals surface area contributed by atoms with Gasteiger partial charge in [-0.1, -0.05) is 25.5 Å². The second kappa shape index (κ2) is 10.7. The van der Waals surface area contributed by atoms with Gasteiger partial charge >= 0.3 is 0 Å². The summed E-state index contributed by atoms with van der Waals surface area (Å²) in [7, 11) is 1.96. The minimum Gasteiger partial charge on any atom is -0.392 e. The number of aliphatic hydroxyl groups excluding tert-OH is 1. The van der Waals surface area contributed by atoms with E-state index in [0.717, 1.165) is 55.9 Å². The van der Waals surface area contributed by atoms with E-state index >= 15 is 0 Å². The van der Waals surface area contributed by atoms with E-state index in [4.69, 9.17) is 5.11 Å². The van der Waals surface area contributed by atoms with Gasteiger partial charge < -0.3 is 14.9 Å². The summed E-state index contributed by atoms with van der Waals surface area (Å²) in [5.74, 6) is 1.12. The van der Waals surface area contributed by atoms with Gasteiger partial charge in [-0.2, -0.15) is 5.10 Å². The Morgan fingerprint density at radius 3 is 2.77 bits per heavy atom. The highest BCUT2D eigenvalue weighted by Gasteiger charge is 2.19. The molecule has 8 heteroatoms. The number of aliphatic hydroxyl groups is 1. The topological polar surface area (TPSA) is 86.9 Å². The Kier molecular flexibility index (Phi) is 7.73. The van der Waals surface area contributed by atoms with E-state index < -0.39 is 0 Å². The molecule has 0 unspecified atom stereocenters. The van der Waals surface area contributed by atoms with E-state index in [-0.39, 0.29) is 12.5 Å². The zero-order chi connectivity index (χ0) is 21.3. The smallest absolute Gasteiger partial charge is 0.222 e. The molecule has 1 saturated heterocycles. The van der Waals surface area contributed by atoms with Crippen LogP contribution in [0.4, 0.5) is 5.82 Å². The fourth-order valence-corrected chi connectivity index (χ4v) is 3.43. The van der Waals surface area contributed by atoms with Gasteiger partial charge in [-0.05, 0) is 36.1 Å². The van der Waals surface area contributed by atoms with Crippen LogP contribution in [0.15, 0.2) is 43.0 Å². The van der Waals surface area contributed by atoms with Crippen LogP contribution in [0, 0.1) is 0 Å². The van der Waals surface area contributed by atoms with Crippen LogP contribution in [-0.2, 0) is 17.8 Å². The summed E-state index contributed by atoms with van der Waals surface area (Å²) >= 11 is 0. The Bertz CT molecular complexity index is 940. The molecular weight excluding hydrogens is 380 g/mol. The first-order valence-corrected chi connectivity index (χ1v) is 10.4. The highest BCUT2D eigenvalue weighted by molar-refractivity contribution is 5.78. The number of carbonyl (C=O) groups excluding carboxylic acids is 1. The molecule has 1 fully saturated rings. The second-order valence-corrected chi connectivity index (χ2v) is 7.40. The Balaban J connectivity index is 0.000000184. The SMILES string of the molecule is CCCc1cccn2ncnc12.CN(CCN1CCCC1=O)c1ccc(CO)cn1. The fourth-order valence-electron chi connectivity index (χ4n) is 3.43. The Labute approximate surface area is 177 Å². The third-order valence-electron chi connectivity index (χ3n) is 5.16. The number of amides is 1. The molecule has 4 heterocycles. The average molecular weight is 411 g/mol. The number of pyridine rings is 2. The summed E-state index contributed by atoms with van der Waals surface area (Å²) in [6.45, 7) is 4.58. The number of rotatable bonds is 7. The number of likely N-dealkylation sites (N-methyl/N-ethyl adjacent to an activating group) is 1. The van der Waals surface area contributed by atoms with Gasteiger partial charge in [0.25, 0.3) is 0 Å². The van der Waals surface area contributed by atoms with Gasteiger partial charge in [0, 0.05) is 45.5 Å². The lowest BCUT2D eigenvalue weighted by molar-refractivity contribution is -0.127. The summed E-state index contributed by atoms with van der Waals surface area (Å²) in [5, 5.41) is 13.0. The van der Waals surface area contributed by atoms with Crippen molar-refractivity contribution in [2.45, 2.75) is 39.2 Å². The Morgan fingerprint density at radius 2 is 2.10 bits per heavy atom. The number of nitrogens with zero attached hydrogens (tertiary/aromatic N) is 6. The Morgan fingerprint density at radius 1 is 1.23 bits per heavy atom. The van der Waals surface area contributed by atoms with Crippen LogP contribution in [-0.4, -0.2) is 62.2 Å². The van der Waals surface area contributed by atoms with Crippen molar-refractivity contribution in [2.75, 3.05) is 31.6 Å². The van der Waals surface area contributed by atoms with Crippen molar-refractivity contribution >= 4 is 17.4 Å². The van der Waals surface area contributed by atoms with Crippen LogP contribution in [0.2, 0.25) is 0 Å². The molecule has 160 valence electrons. The quantitative estimate of drug-likeness (QED) is 0.643. The minimum atomic E-state index is 0.0132. The highest BCUT2D eigenvalue weighted by Crippen LogP contribution is 2.12. The zero-order valence-electron chi connectivity index (χ0n) is 17.7. The molecular formula is C22H30N6O2. The minimum absolute atomic E-state index is 0.0132. The molecule has 3 aromatic heterocycles. The van der Waals surface area contributed by atoms with Gasteiger partial charge in [0.1, 0.15) is 12.1 Å². The van der Waals surface area contributed by atoms with Crippen molar-refractivity contribution in [3.8, 4) is 0 Å². The average Bonchev–Trinajstić information content (AvgIpc) is 3.42. The first-order valence-electron chi connectivity index (χ1n) is 10.4. The highest BCUT2D eigenvalue weighted by atomic mass is 16.3. The molecule has 1 aliphatic heterocycles. The first kappa shape index (κ1) is 21.7. The number of carbonyl (C=O) groups is 1. The predicted octanol–water partition coefficient (Wildman–Crippen LogP) is 2.31. The van der Waals surface area contributed by atoms with E-state index in [1.165, 1.54) is 5.56 Å². The molecule has 0 aliphatic carbocycles. The molecule has 0 spiro atoms. The van der Waals surface area contributed by atoms with Crippen LogP contribution < -0.4 is 4.90 Å². The third kappa shape index (κ3) is 5.54. The molecule has 1 amide bonds. The Hall–Kier alpha value is -3.00. The maximum atomic E-state index is 11.5. The number of likely N-dealkylation sites (tertiary alicyclic amines) is 1. The summed E-state index contributed by atoms with van der Waals surface area (Å²) in [6.07, 6.45) is 9.07. The standard InChI is InChI=1S/C13H19N3O2.C9H11N3/c1-15(7-8-16-6-2-3-13(16)18)12-5-4-11(10-17)9-14-12;1-2-4-8-5-3-6-12-9(8)10-7-11-12/h4-5,9,17H,2-3,6-8,10H2,1H3;3,5-7H,2,4H2,1H3. The fraction of sp³-hybridized carbons (Fsp3) is 0.455. The molecule has 8 nitrogen and oxygen atoms in total. The van der Waals surface area contributed by atoms with Crippen molar-refractivity contribution in [3.05, 3.63) is 54.1 Å². The normalized spacial score (nSPS) is 13.4. The molecule has 30 heavy (non-hydrogen) atoms. The molecule has 0 atom stereocenters. The van der Waals surface area contributed by atoms with E-state index in [9.17, 15) is 4.79 Å². The van der Waals surface area contributed by atoms with Crippen molar-refractivity contribution in [1.29, 1.82) is 0 Å². The molecule has 3 aromatic rings. The lowest BCUT2D eigenvalue weighted by atomic mass is 10.2. The van der Waals surface area contributed by atoms with Crippen molar-refractivity contribution < 1.29 is 9.90 Å². The molecule has 0 saturated carbocycles. The predicted molar refractivity (Wildman–Crippen MR) is 116 cm³/mol. The van der Waals surface area contributed by atoms with Gasteiger partial charge in [-0.15, -0.1) is 0 Å². The largest absolute Gasteiger partial charge is 0.392 e. The van der Waals surface area contributed by atoms with Crippen LogP contribution in [0.1, 0.15) is 37.3 Å². The summed E-state index contributed by atoms with van der Waals surface area (Å²) in [6, 6.07) is 7.86. The summed E-state index contributed by atoms with van der Waals surface area (Å²) < 4.78 is 1.81. The zero-order valence-corrected chi connectivity index (χ0v) is 17.7. The van der Waals surface area contributed by atoms with Gasteiger partial charge in [-0.3, -0.25) is 4.79 Å². The summed E-state index contributed by atoms with van der Waals surface area (Å²) in [5.41, 5.74) is 3.07. The number of hydrogen-bond donors (Lipinski definition) is 1. The first-order chi connectivity index (χ1) is 14.6. The summed E-state index contributed by atoms with van der Waals surface area (Å²) in [4.78, 5) is 23.9. The van der Waals surface area contributed by atoms with Gasteiger partial charge in [0.05, 0.1) is 6.61 Å². The van der Waals surface area contributed by atoms with E-state index in [1.54, 1.807) is 12.5 Å². The lowest BCUT2D eigenvalue weighted by Gasteiger charge is -2.22. The number of hydrogen-bond acceptors (Lipinski definition) is 6. The van der Waals surface area contributed by atoms with E-state index in [2.05, 4.69) is 28.1 Å². The number of anilines is 1. The van der Waals surface area contributed by atoms with Crippen LogP contribution >= 0.6 is 0 Å². The molecule has 0 bridgehead atoms. The van der Waals surface area contributed by atoms with Crippen LogP contribution in [0.3, 0.4) is 0 Å². The second-order valence-electron chi connectivity index (χ2n) is 7.40. The van der Waals surface area contributed by atoms with Gasteiger partial charge in [0.2, 0.25) is 5.91 Å².